The molecule has 30 heavy (non-hydrogen) atoms. The Kier molecular flexibility index (Phi) is 5.81. The van der Waals surface area contributed by atoms with E-state index in [2.05, 4.69) is 53.0 Å². The predicted octanol–water partition coefficient (Wildman–Crippen LogP) is 4.58. The molecule has 1 aromatic heterocycles. The SMILES string of the molecule is CC(C)c1ccc(CN2CCN(C(=O)c3ccc4nc(C(F)F)[nH]c4c3)CC2)cc1. The summed E-state index contributed by atoms with van der Waals surface area (Å²) in [5, 5.41) is 0. The summed E-state index contributed by atoms with van der Waals surface area (Å²) in [7, 11) is 0. The normalized spacial score (nSPS) is 15.5. The Hall–Kier alpha value is -2.80. The Morgan fingerprint density at radius 3 is 2.40 bits per heavy atom. The van der Waals surface area contributed by atoms with E-state index in [0.717, 1.165) is 19.6 Å². The number of aromatic nitrogens is 2. The first-order valence-electron chi connectivity index (χ1n) is 10.3. The van der Waals surface area contributed by atoms with Crippen LogP contribution in [0.2, 0.25) is 0 Å². The fourth-order valence-corrected chi connectivity index (χ4v) is 3.82. The van der Waals surface area contributed by atoms with Crippen molar-refractivity contribution in [2.45, 2.75) is 32.7 Å². The van der Waals surface area contributed by atoms with Crippen LogP contribution in [0, 0.1) is 0 Å². The van der Waals surface area contributed by atoms with Crippen molar-refractivity contribution in [1.29, 1.82) is 0 Å². The van der Waals surface area contributed by atoms with Gasteiger partial charge in [0.1, 0.15) is 0 Å². The summed E-state index contributed by atoms with van der Waals surface area (Å²) in [6, 6.07) is 13.6. The fraction of sp³-hybridized carbons (Fsp3) is 0.391. The number of halogens is 2. The summed E-state index contributed by atoms with van der Waals surface area (Å²) in [5.41, 5.74) is 4.00. The van der Waals surface area contributed by atoms with Gasteiger partial charge >= 0.3 is 0 Å². The molecule has 0 bridgehead atoms. The smallest absolute Gasteiger partial charge is 0.295 e. The summed E-state index contributed by atoms with van der Waals surface area (Å²) >= 11 is 0. The molecule has 1 saturated heterocycles. The Labute approximate surface area is 174 Å². The first-order chi connectivity index (χ1) is 14.4. The van der Waals surface area contributed by atoms with Gasteiger partial charge in [0.15, 0.2) is 5.82 Å². The summed E-state index contributed by atoms with van der Waals surface area (Å²) < 4.78 is 25.7. The van der Waals surface area contributed by atoms with Crippen LogP contribution in [0.25, 0.3) is 11.0 Å². The largest absolute Gasteiger partial charge is 0.337 e. The lowest BCUT2D eigenvalue weighted by molar-refractivity contribution is 0.0628. The molecule has 0 atom stereocenters. The number of nitrogens with one attached hydrogen (secondary N) is 1. The van der Waals surface area contributed by atoms with E-state index < -0.39 is 6.43 Å². The van der Waals surface area contributed by atoms with E-state index in [1.807, 2.05) is 4.90 Å². The minimum absolute atomic E-state index is 0.0777. The molecular formula is C23H26F2N4O. The second-order valence-corrected chi connectivity index (χ2v) is 8.12. The van der Waals surface area contributed by atoms with Crippen LogP contribution >= 0.6 is 0 Å². The molecule has 2 heterocycles. The molecule has 1 N–H and O–H groups in total. The molecule has 158 valence electrons. The van der Waals surface area contributed by atoms with E-state index in [-0.39, 0.29) is 11.7 Å². The van der Waals surface area contributed by atoms with E-state index >= 15 is 0 Å². The van der Waals surface area contributed by atoms with Gasteiger partial charge in [0.25, 0.3) is 12.3 Å². The van der Waals surface area contributed by atoms with Crippen molar-refractivity contribution >= 4 is 16.9 Å². The van der Waals surface area contributed by atoms with Gasteiger partial charge in [-0.05, 0) is 35.2 Å². The molecular weight excluding hydrogens is 386 g/mol. The molecule has 0 spiro atoms. The Balaban J connectivity index is 1.36. The number of H-pyrrole nitrogens is 1. The van der Waals surface area contributed by atoms with Crippen molar-refractivity contribution in [3.8, 4) is 0 Å². The first-order valence-corrected chi connectivity index (χ1v) is 10.3. The molecule has 4 rings (SSSR count). The molecule has 0 unspecified atom stereocenters. The van der Waals surface area contributed by atoms with E-state index in [1.54, 1.807) is 18.2 Å². The average Bonchev–Trinajstić information content (AvgIpc) is 3.18. The van der Waals surface area contributed by atoms with Gasteiger partial charge in [0.05, 0.1) is 11.0 Å². The van der Waals surface area contributed by atoms with E-state index in [1.165, 1.54) is 11.1 Å². The van der Waals surface area contributed by atoms with E-state index in [0.29, 0.717) is 35.6 Å². The maximum atomic E-state index is 12.9. The van der Waals surface area contributed by atoms with Crippen molar-refractivity contribution in [1.82, 2.24) is 19.8 Å². The fourth-order valence-electron chi connectivity index (χ4n) is 3.82. The number of alkyl halides is 2. The van der Waals surface area contributed by atoms with Gasteiger partial charge in [-0.1, -0.05) is 38.1 Å². The summed E-state index contributed by atoms with van der Waals surface area (Å²) in [6.45, 7) is 8.15. The Morgan fingerprint density at radius 1 is 1.07 bits per heavy atom. The molecule has 1 fully saturated rings. The van der Waals surface area contributed by atoms with E-state index in [4.69, 9.17) is 0 Å². The number of imidazole rings is 1. The molecule has 0 saturated carbocycles. The maximum absolute atomic E-state index is 12.9. The Morgan fingerprint density at radius 2 is 1.77 bits per heavy atom. The lowest BCUT2D eigenvalue weighted by Crippen LogP contribution is -2.48. The van der Waals surface area contributed by atoms with E-state index in [9.17, 15) is 13.6 Å². The van der Waals surface area contributed by atoms with Crippen LogP contribution in [0.15, 0.2) is 42.5 Å². The first kappa shape index (κ1) is 20.5. The van der Waals surface area contributed by atoms with Crippen LogP contribution in [0.5, 0.6) is 0 Å². The molecule has 0 aliphatic carbocycles. The minimum atomic E-state index is -2.66. The van der Waals surface area contributed by atoms with Gasteiger partial charge in [0.2, 0.25) is 0 Å². The number of carbonyl (C=O) groups excluding carboxylic acids is 1. The van der Waals surface area contributed by atoms with Crippen LogP contribution in [-0.2, 0) is 6.54 Å². The van der Waals surface area contributed by atoms with Gasteiger partial charge in [-0.3, -0.25) is 9.69 Å². The number of amides is 1. The summed E-state index contributed by atoms with van der Waals surface area (Å²) in [4.78, 5) is 23.5. The molecule has 5 nitrogen and oxygen atoms in total. The number of hydrogen-bond donors (Lipinski definition) is 1. The van der Waals surface area contributed by atoms with Gasteiger partial charge < -0.3 is 9.88 Å². The number of aromatic amines is 1. The average molecular weight is 412 g/mol. The quantitative estimate of drug-likeness (QED) is 0.667. The zero-order valence-corrected chi connectivity index (χ0v) is 17.2. The van der Waals surface area contributed by atoms with Crippen molar-refractivity contribution in [3.05, 3.63) is 65.0 Å². The van der Waals surface area contributed by atoms with Crippen molar-refractivity contribution < 1.29 is 13.6 Å². The number of benzene rings is 2. The van der Waals surface area contributed by atoms with Gasteiger partial charge in [-0.2, -0.15) is 0 Å². The number of carbonyl (C=O) groups is 1. The van der Waals surface area contributed by atoms with Crippen molar-refractivity contribution in [2.24, 2.45) is 0 Å². The van der Waals surface area contributed by atoms with Gasteiger partial charge in [0, 0.05) is 38.3 Å². The molecule has 1 aliphatic heterocycles. The highest BCUT2D eigenvalue weighted by Gasteiger charge is 2.23. The molecule has 2 aromatic carbocycles. The number of nitrogens with zero attached hydrogens (tertiary/aromatic N) is 3. The number of rotatable bonds is 5. The van der Waals surface area contributed by atoms with Crippen LogP contribution < -0.4 is 0 Å². The van der Waals surface area contributed by atoms with Crippen LogP contribution in [0.1, 0.15) is 53.5 Å². The number of fused-ring (bicyclic) bond motifs is 1. The number of piperazine rings is 1. The molecule has 7 heteroatoms. The Bertz CT molecular complexity index is 1020. The predicted molar refractivity (Wildman–Crippen MR) is 113 cm³/mol. The van der Waals surface area contributed by atoms with Crippen LogP contribution in [0.3, 0.4) is 0 Å². The maximum Gasteiger partial charge on any atom is 0.295 e. The van der Waals surface area contributed by atoms with Gasteiger partial charge in [-0.15, -0.1) is 0 Å². The molecule has 1 amide bonds. The lowest BCUT2D eigenvalue weighted by Gasteiger charge is -2.34. The highest BCUT2D eigenvalue weighted by Crippen LogP contribution is 2.22. The third-order valence-electron chi connectivity index (χ3n) is 5.67. The lowest BCUT2D eigenvalue weighted by atomic mass is 10.0. The molecule has 3 aromatic rings. The topological polar surface area (TPSA) is 52.2 Å². The monoisotopic (exact) mass is 412 g/mol. The summed E-state index contributed by atoms with van der Waals surface area (Å²) in [5.74, 6) is 0.0761. The summed E-state index contributed by atoms with van der Waals surface area (Å²) in [6.07, 6.45) is -2.66. The van der Waals surface area contributed by atoms with Crippen molar-refractivity contribution in [3.63, 3.8) is 0 Å². The standard InChI is InChI=1S/C23H26F2N4O/c1-15(2)17-5-3-16(4-6-17)14-28-9-11-29(12-10-28)23(30)18-7-8-19-20(13-18)27-22(26-19)21(24)25/h3-8,13,15,21H,9-12,14H2,1-2H3,(H,26,27). The molecule has 1 aliphatic rings. The third-order valence-corrected chi connectivity index (χ3v) is 5.67. The zero-order chi connectivity index (χ0) is 21.3. The van der Waals surface area contributed by atoms with Gasteiger partial charge in [-0.25, -0.2) is 13.8 Å². The molecule has 0 radical (unpaired) electrons. The van der Waals surface area contributed by atoms with Crippen molar-refractivity contribution in [2.75, 3.05) is 26.2 Å². The minimum Gasteiger partial charge on any atom is -0.337 e. The highest BCUT2D eigenvalue weighted by molar-refractivity contribution is 5.97. The van der Waals surface area contributed by atoms with Crippen LogP contribution in [0.4, 0.5) is 8.78 Å². The second-order valence-electron chi connectivity index (χ2n) is 8.12. The number of hydrogen-bond acceptors (Lipinski definition) is 3. The second kappa shape index (κ2) is 8.52. The zero-order valence-electron chi connectivity index (χ0n) is 17.2. The highest BCUT2D eigenvalue weighted by atomic mass is 19.3. The third kappa shape index (κ3) is 4.36. The van der Waals surface area contributed by atoms with Crippen LogP contribution in [-0.4, -0.2) is 51.9 Å².